The normalized spacial score (nSPS) is 12.7. The lowest BCUT2D eigenvalue weighted by atomic mass is 10.1. The molecular formula is C10H10N2O. The first-order valence-electron chi connectivity index (χ1n) is 4.08. The molecule has 2 N–H and O–H groups in total. The van der Waals surface area contributed by atoms with E-state index in [0.29, 0.717) is 5.89 Å². The largest absolute Gasteiger partial charge is 0.447 e. The molecule has 0 aliphatic carbocycles. The minimum atomic E-state index is -0.267. The van der Waals surface area contributed by atoms with E-state index in [0.717, 1.165) is 5.56 Å². The van der Waals surface area contributed by atoms with Crippen molar-refractivity contribution in [1.29, 1.82) is 0 Å². The van der Waals surface area contributed by atoms with Crippen LogP contribution in [0.25, 0.3) is 0 Å². The zero-order valence-electron chi connectivity index (χ0n) is 7.05. The SMILES string of the molecule is N[C@@H](c1ccccc1)c1ncco1. The molecule has 0 bridgehead atoms. The van der Waals surface area contributed by atoms with Gasteiger partial charge in [0.2, 0.25) is 5.89 Å². The second-order valence-corrected chi connectivity index (χ2v) is 2.76. The summed E-state index contributed by atoms with van der Waals surface area (Å²) in [6.07, 6.45) is 3.12. The molecule has 66 valence electrons. The van der Waals surface area contributed by atoms with Crippen LogP contribution in [0.1, 0.15) is 17.5 Å². The molecule has 13 heavy (non-hydrogen) atoms. The third-order valence-electron chi connectivity index (χ3n) is 1.88. The van der Waals surface area contributed by atoms with Gasteiger partial charge < -0.3 is 10.2 Å². The van der Waals surface area contributed by atoms with Gasteiger partial charge in [-0.05, 0) is 5.56 Å². The van der Waals surface area contributed by atoms with Crippen LogP contribution in [0.15, 0.2) is 47.2 Å². The van der Waals surface area contributed by atoms with Gasteiger partial charge in [0.1, 0.15) is 12.3 Å². The zero-order chi connectivity index (χ0) is 9.10. The molecule has 0 aliphatic heterocycles. The van der Waals surface area contributed by atoms with Gasteiger partial charge in [0, 0.05) is 0 Å². The van der Waals surface area contributed by atoms with Gasteiger partial charge in [0.15, 0.2) is 0 Å². The van der Waals surface area contributed by atoms with Gasteiger partial charge in [-0.1, -0.05) is 30.3 Å². The Morgan fingerprint density at radius 1 is 1.23 bits per heavy atom. The van der Waals surface area contributed by atoms with Gasteiger partial charge >= 0.3 is 0 Å². The quantitative estimate of drug-likeness (QED) is 0.754. The molecule has 1 aromatic carbocycles. The number of nitrogens with zero attached hydrogens (tertiary/aromatic N) is 1. The Hall–Kier alpha value is -1.61. The number of hydrogen-bond acceptors (Lipinski definition) is 3. The molecule has 3 heteroatoms. The van der Waals surface area contributed by atoms with Crippen LogP contribution < -0.4 is 5.73 Å². The van der Waals surface area contributed by atoms with Gasteiger partial charge in [-0.3, -0.25) is 0 Å². The fraction of sp³-hybridized carbons (Fsp3) is 0.100. The Morgan fingerprint density at radius 2 is 2.00 bits per heavy atom. The second kappa shape index (κ2) is 3.41. The van der Waals surface area contributed by atoms with Gasteiger partial charge in [-0.2, -0.15) is 0 Å². The van der Waals surface area contributed by atoms with Crippen molar-refractivity contribution in [2.24, 2.45) is 5.73 Å². The summed E-state index contributed by atoms with van der Waals surface area (Å²) >= 11 is 0. The Bertz CT molecular complexity index is 356. The molecule has 0 spiro atoms. The van der Waals surface area contributed by atoms with Crippen LogP contribution in [-0.2, 0) is 0 Å². The highest BCUT2D eigenvalue weighted by Crippen LogP contribution is 2.16. The zero-order valence-corrected chi connectivity index (χ0v) is 7.05. The van der Waals surface area contributed by atoms with Gasteiger partial charge in [0.05, 0.1) is 6.20 Å². The summed E-state index contributed by atoms with van der Waals surface area (Å²) in [5.41, 5.74) is 6.91. The van der Waals surface area contributed by atoms with Crippen molar-refractivity contribution in [3.63, 3.8) is 0 Å². The number of oxazole rings is 1. The van der Waals surface area contributed by atoms with Gasteiger partial charge in [0.25, 0.3) is 0 Å². The molecule has 3 nitrogen and oxygen atoms in total. The number of benzene rings is 1. The fourth-order valence-corrected chi connectivity index (χ4v) is 1.19. The highest BCUT2D eigenvalue weighted by atomic mass is 16.3. The summed E-state index contributed by atoms with van der Waals surface area (Å²) in [5, 5.41) is 0. The molecule has 0 amide bonds. The van der Waals surface area contributed by atoms with E-state index in [4.69, 9.17) is 10.2 Å². The molecular weight excluding hydrogens is 164 g/mol. The van der Waals surface area contributed by atoms with Gasteiger partial charge in [-0.25, -0.2) is 4.98 Å². The van der Waals surface area contributed by atoms with Crippen molar-refractivity contribution in [1.82, 2.24) is 4.98 Å². The van der Waals surface area contributed by atoms with Crippen LogP contribution in [0, 0.1) is 0 Å². The minimum Gasteiger partial charge on any atom is -0.447 e. The summed E-state index contributed by atoms with van der Waals surface area (Å²) in [6, 6.07) is 9.47. The Labute approximate surface area is 76.2 Å². The summed E-state index contributed by atoms with van der Waals surface area (Å²) in [4.78, 5) is 4.00. The third kappa shape index (κ3) is 1.60. The summed E-state index contributed by atoms with van der Waals surface area (Å²) < 4.78 is 5.11. The summed E-state index contributed by atoms with van der Waals surface area (Å²) in [5.74, 6) is 0.547. The predicted molar refractivity (Wildman–Crippen MR) is 49.0 cm³/mol. The van der Waals surface area contributed by atoms with E-state index in [2.05, 4.69) is 4.98 Å². The topological polar surface area (TPSA) is 52.0 Å². The third-order valence-corrected chi connectivity index (χ3v) is 1.88. The molecule has 2 aromatic rings. The van der Waals surface area contributed by atoms with Crippen molar-refractivity contribution in [2.75, 3.05) is 0 Å². The molecule has 1 atom stereocenters. The minimum absolute atomic E-state index is 0.267. The second-order valence-electron chi connectivity index (χ2n) is 2.76. The van der Waals surface area contributed by atoms with E-state index in [1.165, 1.54) is 6.26 Å². The Balaban J connectivity index is 2.29. The number of rotatable bonds is 2. The summed E-state index contributed by atoms with van der Waals surface area (Å²) in [7, 11) is 0. The van der Waals surface area contributed by atoms with Crippen molar-refractivity contribution < 1.29 is 4.42 Å². The monoisotopic (exact) mass is 174 g/mol. The first-order chi connectivity index (χ1) is 6.38. The van der Waals surface area contributed by atoms with E-state index in [1.807, 2.05) is 30.3 Å². The maximum Gasteiger partial charge on any atom is 0.215 e. The number of nitrogens with two attached hydrogens (primary N) is 1. The van der Waals surface area contributed by atoms with Crippen molar-refractivity contribution in [2.45, 2.75) is 6.04 Å². The molecule has 0 fully saturated rings. The molecule has 0 unspecified atom stereocenters. The lowest BCUT2D eigenvalue weighted by Crippen LogP contribution is -2.11. The highest BCUT2D eigenvalue weighted by molar-refractivity contribution is 5.22. The molecule has 0 saturated carbocycles. The standard InChI is InChI=1S/C10H10N2O/c11-9(10-12-6-7-13-10)8-4-2-1-3-5-8/h1-7,9H,11H2/t9-/m0/s1. The van der Waals surface area contributed by atoms with E-state index >= 15 is 0 Å². The van der Waals surface area contributed by atoms with Crippen LogP contribution in [0.4, 0.5) is 0 Å². The smallest absolute Gasteiger partial charge is 0.215 e. The van der Waals surface area contributed by atoms with Crippen molar-refractivity contribution in [3.8, 4) is 0 Å². The van der Waals surface area contributed by atoms with E-state index < -0.39 is 0 Å². The molecule has 1 heterocycles. The average molecular weight is 174 g/mol. The van der Waals surface area contributed by atoms with Crippen molar-refractivity contribution in [3.05, 3.63) is 54.2 Å². The fourth-order valence-electron chi connectivity index (χ4n) is 1.19. The van der Waals surface area contributed by atoms with E-state index in [1.54, 1.807) is 6.20 Å². The molecule has 0 aliphatic rings. The lowest BCUT2D eigenvalue weighted by Gasteiger charge is -2.06. The Kier molecular flexibility index (Phi) is 2.10. The molecule has 0 radical (unpaired) electrons. The van der Waals surface area contributed by atoms with E-state index in [-0.39, 0.29) is 6.04 Å². The van der Waals surface area contributed by atoms with Crippen LogP contribution in [0.5, 0.6) is 0 Å². The highest BCUT2D eigenvalue weighted by Gasteiger charge is 2.11. The summed E-state index contributed by atoms with van der Waals surface area (Å²) in [6.45, 7) is 0. The Morgan fingerprint density at radius 3 is 2.62 bits per heavy atom. The molecule has 2 rings (SSSR count). The average Bonchev–Trinajstić information content (AvgIpc) is 2.71. The van der Waals surface area contributed by atoms with Crippen LogP contribution in [0.3, 0.4) is 0 Å². The van der Waals surface area contributed by atoms with Crippen LogP contribution in [-0.4, -0.2) is 4.98 Å². The van der Waals surface area contributed by atoms with Crippen LogP contribution in [0.2, 0.25) is 0 Å². The maximum absolute atomic E-state index is 5.90. The lowest BCUT2D eigenvalue weighted by molar-refractivity contribution is 0.474. The first kappa shape index (κ1) is 8.01. The maximum atomic E-state index is 5.90. The number of aromatic nitrogens is 1. The first-order valence-corrected chi connectivity index (χ1v) is 4.08. The van der Waals surface area contributed by atoms with Crippen molar-refractivity contribution >= 4 is 0 Å². The van der Waals surface area contributed by atoms with E-state index in [9.17, 15) is 0 Å². The molecule has 0 saturated heterocycles. The predicted octanol–water partition coefficient (Wildman–Crippen LogP) is 1.72. The number of hydrogen-bond donors (Lipinski definition) is 1. The van der Waals surface area contributed by atoms with Gasteiger partial charge in [-0.15, -0.1) is 0 Å². The van der Waals surface area contributed by atoms with Crippen LogP contribution >= 0.6 is 0 Å². The molecule has 1 aromatic heterocycles.